The molecule has 0 radical (unpaired) electrons. The minimum atomic E-state index is -0.410. The van der Waals surface area contributed by atoms with Crippen molar-refractivity contribution in [3.63, 3.8) is 0 Å². The van der Waals surface area contributed by atoms with Crippen LogP contribution in [0.5, 0.6) is 0 Å². The zero-order valence-corrected chi connectivity index (χ0v) is 13.0. The summed E-state index contributed by atoms with van der Waals surface area (Å²) in [5.74, 6) is -0.351. The number of carbonyl (C=O) groups excluding carboxylic acids is 1. The maximum absolute atomic E-state index is 12.0. The summed E-state index contributed by atoms with van der Waals surface area (Å²) in [6.07, 6.45) is 4.40. The van der Waals surface area contributed by atoms with Crippen molar-refractivity contribution >= 4 is 17.3 Å². The van der Waals surface area contributed by atoms with E-state index in [1.54, 1.807) is 26.2 Å². The highest BCUT2D eigenvalue weighted by Crippen LogP contribution is 2.31. The standard InChI is InChI=1S/C15H22N4O3/c1-17(2)16-15(20)12-7-8-13(14(11-12)19(21)22)18-9-5-3-4-6-10-18/h7-8,11H,3-6,9-10H2,1-2H3,(H,16,20). The Balaban J connectivity index is 2.30. The van der Waals surface area contributed by atoms with Crippen LogP contribution in [0.2, 0.25) is 0 Å². The molecular weight excluding hydrogens is 284 g/mol. The van der Waals surface area contributed by atoms with Crippen LogP contribution in [0.1, 0.15) is 36.0 Å². The molecule has 7 heteroatoms. The van der Waals surface area contributed by atoms with E-state index in [1.165, 1.54) is 11.1 Å². The number of nitro benzene ring substituents is 1. The number of nitrogens with one attached hydrogen (secondary N) is 1. The van der Waals surface area contributed by atoms with Crippen LogP contribution in [0, 0.1) is 10.1 Å². The SMILES string of the molecule is CN(C)NC(=O)c1ccc(N2CCCCCC2)c([N+](=O)[O-])c1. The third-order valence-electron chi connectivity index (χ3n) is 3.71. The molecule has 0 atom stereocenters. The lowest BCUT2D eigenvalue weighted by molar-refractivity contribution is -0.384. The predicted molar refractivity (Wildman–Crippen MR) is 84.9 cm³/mol. The van der Waals surface area contributed by atoms with Gasteiger partial charge in [0.05, 0.1) is 4.92 Å². The maximum Gasteiger partial charge on any atom is 0.293 e. The smallest absolute Gasteiger partial charge is 0.293 e. The van der Waals surface area contributed by atoms with Crippen molar-refractivity contribution in [2.24, 2.45) is 0 Å². The Morgan fingerprint density at radius 1 is 1.23 bits per heavy atom. The molecular formula is C15H22N4O3. The number of nitro groups is 1. The van der Waals surface area contributed by atoms with E-state index in [1.807, 2.05) is 0 Å². The highest BCUT2D eigenvalue weighted by Gasteiger charge is 2.22. The first-order valence-electron chi connectivity index (χ1n) is 7.51. The molecule has 0 unspecified atom stereocenters. The summed E-state index contributed by atoms with van der Waals surface area (Å²) in [5, 5.41) is 12.9. The molecule has 1 aromatic rings. The highest BCUT2D eigenvalue weighted by molar-refractivity contribution is 5.95. The molecule has 1 aliphatic heterocycles. The van der Waals surface area contributed by atoms with Crippen LogP contribution in [-0.4, -0.2) is 43.0 Å². The normalized spacial score (nSPS) is 15.5. The number of amides is 1. The highest BCUT2D eigenvalue weighted by atomic mass is 16.6. The third kappa shape index (κ3) is 3.94. The maximum atomic E-state index is 12.0. The van der Waals surface area contributed by atoms with Crippen molar-refractivity contribution < 1.29 is 9.72 Å². The second-order valence-corrected chi connectivity index (χ2v) is 5.70. The zero-order valence-electron chi connectivity index (χ0n) is 13.0. The predicted octanol–water partition coefficient (Wildman–Crippen LogP) is 2.18. The first-order chi connectivity index (χ1) is 10.5. The second kappa shape index (κ2) is 7.22. The molecule has 2 rings (SSSR count). The number of hydrogen-bond acceptors (Lipinski definition) is 5. The molecule has 0 bridgehead atoms. The van der Waals surface area contributed by atoms with Crippen LogP contribution in [-0.2, 0) is 0 Å². The number of rotatable bonds is 4. The van der Waals surface area contributed by atoms with Crippen LogP contribution in [0.15, 0.2) is 18.2 Å². The van der Waals surface area contributed by atoms with Gasteiger partial charge in [0.25, 0.3) is 11.6 Å². The molecule has 0 aromatic heterocycles. The summed E-state index contributed by atoms with van der Waals surface area (Å²) in [6, 6.07) is 4.69. The van der Waals surface area contributed by atoms with E-state index in [-0.39, 0.29) is 11.6 Å². The molecule has 0 aliphatic carbocycles. The summed E-state index contributed by atoms with van der Waals surface area (Å²) in [4.78, 5) is 25.0. The summed E-state index contributed by atoms with van der Waals surface area (Å²) in [7, 11) is 3.38. The summed E-state index contributed by atoms with van der Waals surface area (Å²) < 4.78 is 0. The fraction of sp³-hybridized carbons (Fsp3) is 0.533. The Bertz CT molecular complexity index is 552. The van der Waals surface area contributed by atoms with E-state index in [4.69, 9.17) is 0 Å². The number of nitrogens with zero attached hydrogens (tertiary/aromatic N) is 3. The Labute approximate surface area is 130 Å². The van der Waals surface area contributed by atoms with E-state index in [2.05, 4.69) is 10.3 Å². The minimum absolute atomic E-state index is 0.00620. The largest absolute Gasteiger partial charge is 0.366 e. The topological polar surface area (TPSA) is 78.7 Å². The quantitative estimate of drug-likeness (QED) is 0.681. The Kier molecular flexibility index (Phi) is 5.32. The molecule has 1 aliphatic rings. The third-order valence-corrected chi connectivity index (χ3v) is 3.71. The van der Waals surface area contributed by atoms with Crippen molar-refractivity contribution in [1.29, 1.82) is 0 Å². The Hall–Kier alpha value is -2.15. The first kappa shape index (κ1) is 16.2. The summed E-state index contributed by atoms with van der Waals surface area (Å²) in [6.45, 7) is 1.65. The number of benzene rings is 1. The molecule has 1 saturated heterocycles. The number of anilines is 1. The van der Waals surface area contributed by atoms with Gasteiger partial charge in [-0.05, 0) is 25.0 Å². The van der Waals surface area contributed by atoms with Crippen molar-refractivity contribution in [2.75, 3.05) is 32.1 Å². The van der Waals surface area contributed by atoms with Gasteiger partial charge >= 0.3 is 0 Å². The molecule has 1 N–H and O–H groups in total. The lowest BCUT2D eigenvalue weighted by Gasteiger charge is -2.22. The van der Waals surface area contributed by atoms with Crippen molar-refractivity contribution in [3.8, 4) is 0 Å². The molecule has 0 spiro atoms. The number of carbonyl (C=O) groups is 1. The molecule has 22 heavy (non-hydrogen) atoms. The van der Waals surface area contributed by atoms with Gasteiger partial charge in [-0.1, -0.05) is 12.8 Å². The Morgan fingerprint density at radius 3 is 2.41 bits per heavy atom. The van der Waals surface area contributed by atoms with Gasteiger partial charge < -0.3 is 4.90 Å². The summed E-state index contributed by atoms with van der Waals surface area (Å²) >= 11 is 0. The molecule has 1 fully saturated rings. The van der Waals surface area contributed by atoms with E-state index in [0.717, 1.165) is 38.8 Å². The van der Waals surface area contributed by atoms with Crippen molar-refractivity contribution in [2.45, 2.75) is 25.7 Å². The number of hydrazine groups is 1. The first-order valence-corrected chi connectivity index (χ1v) is 7.51. The van der Waals surface area contributed by atoms with Crippen molar-refractivity contribution in [3.05, 3.63) is 33.9 Å². The molecule has 0 saturated carbocycles. The lowest BCUT2D eigenvalue weighted by atomic mass is 10.1. The van der Waals surface area contributed by atoms with Gasteiger partial charge in [-0.25, -0.2) is 5.01 Å². The van der Waals surface area contributed by atoms with Crippen LogP contribution in [0.25, 0.3) is 0 Å². The van der Waals surface area contributed by atoms with Crippen LogP contribution in [0.3, 0.4) is 0 Å². The van der Waals surface area contributed by atoms with Gasteiger partial charge in [0.1, 0.15) is 5.69 Å². The van der Waals surface area contributed by atoms with Crippen LogP contribution < -0.4 is 10.3 Å². The van der Waals surface area contributed by atoms with Gasteiger partial charge in [-0.15, -0.1) is 0 Å². The van der Waals surface area contributed by atoms with E-state index < -0.39 is 4.92 Å². The lowest BCUT2D eigenvalue weighted by Crippen LogP contribution is -2.36. The average molecular weight is 306 g/mol. The monoisotopic (exact) mass is 306 g/mol. The molecule has 1 heterocycles. The average Bonchev–Trinajstić information content (AvgIpc) is 2.74. The molecule has 120 valence electrons. The zero-order chi connectivity index (χ0) is 16.1. The van der Waals surface area contributed by atoms with Gasteiger partial charge in [0, 0.05) is 38.8 Å². The minimum Gasteiger partial charge on any atom is -0.366 e. The fourth-order valence-electron chi connectivity index (χ4n) is 2.66. The molecule has 7 nitrogen and oxygen atoms in total. The van der Waals surface area contributed by atoms with Crippen LogP contribution >= 0.6 is 0 Å². The van der Waals surface area contributed by atoms with Gasteiger partial charge in [-0.3, -0.25) is 20.3 Å². The van der Waals surface area contributed by atoms with Crippen LogP contribution in [0.4, 0.5) is 11.4 Å². The number of hydrogen-bond donors (Lipinski definition) is 1. The second-order valence-electron chi connectivity index (χ2n) is 5.70. The summed E-state index contributed by atoms with van der Waals surface area (Å²) in [5.41, 5.74) is 3.48. The van der Waals surface area contributed by atoms with Crippen molar-refractivity contribution in [1.82, 2.24) is 10.4 Å². The van der Waals surface area contributed by atoms with Gasteiger partial charge in [-0.2, -0.15) is 0 Å². The molecule has 1 amide bonds. The molecule has 1 aromatic carbocycles. The van der Waals surface area contributed by atoms with E-state index in [9.17, 15) is 14.9 Å². The van der Waals surface area contributed by atoms with Gasteiger partial charge in [0.15, 0.2) is 0 Å². The van der Waals surface area contributed by atoms with E-state index >= 15 is 0 Å². The fourth-order valence-corrected chi connectivity index (χ4v) is 2.66. The van der Waals surface area contributed by atoms with Gasteiger partial charge in [0.2, 0.25) is 0 Å². The van der Waals surface area contributed by atoms with E-state index in [0.29, 0.717) is 11.3 Å². The Morgan fingerprint density at radius 2 is 1.86 bits per heavy atom.